The van der Waals surface area contributed by atoms with E-state index < -0.39 is 15.9 Å². The van der Waals surface area contributed by atoms with Crippen molar-refractivity contribution >= 4 is 15.9 Å². The van der Waals surface area contributed by atoms with Gasteiger partial charge in [-0.2, -0.15) is 0 Å². The largest absolute Gasteiger partial charge is 0.494 e. The first-order valence-electron chi connectivity index (χ1n) is 6.82. The molecule has 6 nitrogen and oxygen atoms in total. The second-order valence-corrected chi connectivity index (χ2v) is 6.19. The van der Waals surface area contributed by atoms with Crippen molar-refractivity contribution in [1.29, 1.82) is 0 Å². The normalized spacial score (nSPS) is 11.1. The summed E-state index contributed by atoms with van der Waals surface area (Å²) in [6.45, 7) is 2.33. The quantitative estimate of drug-likeness (QED) is 0.843. The van der Waals surface area contributed by atoms with E-state index in [-0.39, 0.29) is 11.3 Å². The minimum absolute atomic E-state index is 0.0160. The van der Waals surface area contributed by atoms with Crippen LogP contribution in [0, 0.1) is 0 Å². The molecule has 2 rings (SSSR count). The molecule has 0 saturated heterocycles. The molecule has 1 aromatic heterocycles. The fraction of sp³-hybridized carbons (Fsp3) is 0.267. The summed E-state index contributed by atoms with van der Waals surface area (Å²) in [6.07, 6.45) is 1.88. The van der Waals surface area contributed by atoms with Crippen molar-refractivity contribution in [2.75, 3.05) is 6.61 Å². The number of benzene rings is 1. The van der Waals surface area contributed by atoms with Crippen molar-refractivity contribution in [2.24, 2.45) is 0 Å². The average Bonchev–Trinajstić information content (AvgIpc) is 2.99. The summed E-state index contributed by atoms with van der Waals surface area (Å²) in [4.78, 5) is 11.8. The van der Waals surface area contributed by atoms with Gasteiger partial charge in [0.05, 0.1) is 17.8 Å². The molecule has 1 N–H and O–H groups in total. The van der Waals surface area contributed by atoms with Crippen molar-refractivity contribution in [3.05, 3.63) is 48.4 Å². The number of aryl methyl sites for hydroxylation is 1. The highest BCUT2D eigenvalue weighted by molar-refractivity contribution is 7.90. The zero-order chi connectivity index (χ0) is 16.0. The molecule has 0 bridgehead atoms. The summed E-state index contributed by atoms with van der Waals surface area (Å²) >= 11 is 0. The van der Waals surface area contributed by atoms with Crippen molar-refractivity contribution < 1.29 is 22.4 Å². The highest BCUT2D eigenvalue weighted by Crippen LogP contribution is 2.16. The zero-order valence-electron chi connectivity index (χ0n) is 12.1. The molecule has 22 heavy (non-hydrogen) atoms. The van der Waals surface area contributed by atoms with Crippen molar-refractivity contribution in [1.82, 2.24) is 4.72 Å². The number of carbonyl (C=O) groups excluding carboxylic acids is 1. The fourth-order valence-electron chi connectivity index (χ4n) is 1.83. The number of hydrogen-bond acceptors (Lipinski definition) is 5. The number of ether oxygens (including phenoxy) is 1. The average molecular weight is 323 g/mol. The van der Waals surface area contributed by atoms with Crippen LogP contribution in [0.1, 0.15) is 19.1 Å². The smallest absolute Gasteiger partial charge is 0.264 e. The van der Waals surface area contributed by atoms with Crippen molar-refractivity contribution in [3.63, 3.8) is 0 Å². The van der Waals surface area contributed by atoms with Crippen LogP contribution in [0.2, 0.25) is 0 Å². The van der Waals surface area contributed by atoms with Gasteiger partial charge in [-0.15, -0.1) is 0 Å². The molecule has 0 radical (unpaired) electrons. The van der Waals surface area contributed by atoms with Gasteiger partial charge in [-0.25, -0.2) is 13.1 Å². The minimum Gasteiger partial charge on any atom is -0.494 e. The van der Waals surface area contributed by atoms with Gasteiger partial charge in [0.25, 0.3) is 10.0 Å². The predicted molar refractivity (Wildman–Crippen MR) is 80.0 cm³/mol. The van der Waals surface area contributed by atoms with E-state index in [0.29, 0.717) is 24.5 Å². The molecule has 2 aromatic rings. The fourth-order valence-corrected chi connectivity index (χ4v) is 2.85. The number of carbonyl (C=O) groups is 1. The predicted octanol–water partition coefficient (Wildman–Crippen LogP) is 2.12. The number of sulfonamides is 1. The van der Waals surface area contributed by atoms with Crippen LogP contribution >= 0.6 is 0 Å². The molecule has 0 aliphatic rings. The standard InChI is InChI=1S/C15H17NO5S/c1-2-20-13-5-8-14(9-6-13)22(18,19)16-15(17)10-7-12-4-3-11-21-12/h3-6,8-9,11H,2,7,10H2,1H3,(H,16,17). The maximum atomic E-state index is 12.1. The maximum absolute atomic E-state index is 12.1. The first kappa shape index (κ1) is 16.1. The van der Waals surface area contributed by atoms with Gasteiger partial charge in [0.15, 0.2) is 0 Å². The summed E-state index contributed by atoms with van der Waals surface area (Å²) < 4.78 is 36.5. The van der Waals surface area contributed by atoms with Gasteiger partial charge in [-0.1, -0.05) is 0 Å². The molecule has 0 fully saturated rings. The Hall–Kier alpha value is -2.28. The molecular weight excluding hydrogens is 306 g/mol. The van der Waals surface area contributed by atoms with Crippen LogP contribution in [0.5, 0.6) is 5.75 Å². The highest BCUT2D eigenvalue weighted by Gasteiger charge is 2.17. The molecule has 7 heteroatoms. The van der Waals surface area contributed by atoms with Gasteiger partial charge < -0.3 is 9.15 Å². The van der Waals surface area contributed by atoms with Crippen molar-refractivity contribution in [3.8, 4) is 5.75 Å². The summed E-state index contributed by atoms with van der Waals surface area (Å²) in [6, 6.07) is 9.33. The van der Waals surface area contributed by atoms with Gasteiger partial charge in [0.1, 0.15) is 11.5 Å². The van der Waals surface area contributed by atoms with E-state index in [1.165, 1.54) is 18.4 Å². The second-order valence-electron chi connectivity index (χ2n) is 4.51. The number of amides is 1. The Morgan fingerprint density at radius 1 is 1.23 bits per heavy atom. The molecule has 1 aromatic carbocycles. The molecule has 0 aliphatic heterocycles. The lowest BCUT2D eigenvalue weighted by Gasteiger charge is -2.08. The molecule has 1 heterocycles. The molecule has 0 unspecified atom stereocenters. The van der Waals surface area contributed by atoms with Crippen LogP contribution in [0.4, 0.5) is 0 Å². The van der Waals surface area contributed by atoms with Gasteiger partial charge in [0, 0.05) is 12.8 Å². The number of nitrogens with one attached hydrogen (secondary N) is 1. The third-order valence-electron chi connectivity index (χ3n) is 2.87. The highest BCUT2D eigenvalue weighted by atomic mass is 32.2. The summed E-state index contributed by atoms with van der Waals surface area (Å²) in [5.74, 6) is 0.629. The van der Waals surface area contributed by atoms with E-state index in [1.807, 2.05) is 11.6 Å². The van der Waals surface area contributed by atoms with Crippen molar-refractivity contribution in [2.45, 2.75) is 24.7 Å². The van der Waals surface area contributed by atoms with Crippen LogP contribution in [0.15, 0.2) is 52.0 Å². The van der Waals surface area contributed by atoms with Gasteiger partial charge >= 0.3 is 0 Å². The molecule has 0 spiro atoms. The van der Waals surface area contributed by atoms with Crippen LogP contribution in [-0.4, -0.2) is 20.9 Å². The lowest BCUT2D eigenvalue weighted by atomic mass is 10.2. The van der Waals surface area contributed by atoms with E-state index in [9.17, 15) is 13.2 Å². The van der Waals surface area contributed by atoms with Crippen LogP contribution in [0.25, 0.3) is 0 Å². The molecule has 0 atom stereocenters. The zero-order valence-corrected chi connectivity index (χ0v) is 12.9. The molecule has 118 valence electrons. The van der Waals surface area contributed by atoms with Crippen LogP contribution in [0.3, 0.4) is 0 Å². The second kappa shape index (κ2) is 7.13. The minimum atomic E-state index is -3.87. The lowest BCUT2D eigenvalue weighted by molar-refractivity contribution is -0.119. The molecule has 0 saturated carbocycles. The van der Waals surface area contributed by atoms with E-state index in [1.54, 1.807) is 24.3 Å². The van der Waals surface area contributed by atoms with Gasteiger partial charge in [0.2, 0.25) is 5.91 Å². The van der Waals surface area contributed by atoms with Gasteiger partial charge in [-0.3, -0.25) is 4.79 Å². The number of rotatable bonds is 7. The van der Waals surface area contributed by atoms with Crippen LogP contribution < -0.4 is 9.46 Å². The van der Waals surface area contributed by atoms with E-state index in [2.05, 4.69) is 0 Å². The Bertz CT molecular complexity index is 705. The lowest BCUT2D eigenvalue weighted by Crippen LogP contribution is -2.30. The Labute approximate surface area is 129 Å². The SMILES string of the molecule is CCOc1ccc(S(=O)(=O)NC(=O)CCc2ccco2)cc1. The Balaban J connectivity index is 1.96. The first-order valence-corrected chi connectivity index (χ1v) is 8.30. The Morgan fingerprint density at radius 2 is 1.95 bits per heavy atom. The molecular formula is C15H17NO5S. The first-order chi connectivity index (χ1) is 10.5. The Morgan fingerprint density at radius 3 is 2.55 bits per heavy atom. The molecule has 1 amide bonds. The van der Waals surface area contributed by atoms with E-state index in [4.69, 9.17) is 9.15 Å². The Kier molecular flexibility index (Phi) is 5.21. The van der Waals surface area contributed by atoms with Crippen LogP contribution in [-0.2, 0) is 21.2 Å². The van der Waals surface area contributed by atoms with Gasteiger partial charge in [-0.05, 0) is 43.3 Å². The topological polar surface area (TPSA) is 85.6 Å². The number of hydrogen-bond donors (Lipinski definition) is 1. The molecule has 0 aliphatic carbocycles. The summed E-state index contributed by atoms with van der Waals surface area (Å²) in [5.41, 5.74) is 0. The monoisotopic (exact) mass is 323 g/mol. The summed E-state index contributed by atoms with van der Waals surface area (Å²) in [5, 5.41) is 0. The third kappa shape index (κ3) is 4.36. The third-order valence-corrected chi connectivity index (χ3v) is 4.26. The maximum Gasteiger partial charge on any atom is 0.264 e. The summed E-state index contributed by atoms with van der Waals surface area (Å²) in [7, 11) is -3.87. The number of furan rings is 1. The van der Waals surface area contributed by atoms with E-state index >= 15 is 0 Å². The van der Waals surface area contributed by atoms with E-state index in [0.717, 1.165) is 0 Å².